The van der Waals surface area contributed by atoms with E-state index in [0.717, 1.165) is 5.56 Å². The van der Waals surface area contributed by atoms with Crippen LogP contribution >= 0.6 is 0 Å². The number of carbonyl (C=O) groups excluding carboxylic acids is 3. The van der Waals surface area contributed by atoms with Gasteiger partial charge in [0.15, 0.2) is 0 Å². The first kappa shape index (κ1) is 22.1. The van der Waals surface area contributed by atoms with Gasteiger partial charge in [-0.25, -0.2) is 0 Å². The largest absolute Gasteiger partial charge is 0.326 e. The van der Waals surface area contributed by atoms with Gasteiger partial charge in [-0.3, -0.25) is 25.2 Å². The first-order chi connectivity index (χ1) is 13.6. The summed E-state index contributed by atoms with van der Waals surface area (Å²) in [5, 5.41) is 2.79. The monoisotopic (exact) mass is 395 g/mol. The van der Waals surface area contributed by atoms with Gasteiger partial charge in [0.05, 0.1) is 0 Å². The molecule has 0 aliphatic carbocycles. The Morgan fingerprint density at radius 1 is 0.793 bits per heavy atom. The van der Waals surface area contributed by atoms with Gasteiger partial charge in [0.25, 0.3) is 11.8 Å². The van der Waals surface area contributed by atoms with Crippen LogP contribution in [0.3, 0.4) is 0 Å². The summed E-state index contributed by atoms with van der Waals surface area (Å²) in [5.41, 5.74) is 7.40. The lowest BCUT2D eigenvalue weighted by Gasteiger charge is -2.19. The Morgan fingerprint density at radius 2 is 1.24 bits per heavy atom. The van der Waals surface area contributed by atoms with E-state index in [0.29, 0.717) is 23.2 Å². The molecular formula is C23H29N3O3. The van der Waals surface area contributed by atoms with Crippen LogP contribution in [0, 0.1) is 5.92 Å². The molecule has 0 bridgehead atoms. The lowest BCUT2D eigenvalue weighted by molar-refractivity contribution is -0.116. The minimum atomic E-state index is -0.440. The van der Waals surface area contributed by atoms with Gasteiger partial charge in [0, 0.05) is 23.2 Å². The van der Waals surface area contributed by atoms with E-state index in [1.54, 1.807) is 36.4 Å². The van der Waals surface area contributed by atoms with Crippen LogP contribution < -0.4 is 16.2 Å². The third-order valence-corrected chi connectivity index (χ3v) is 4.33. The fraction of sp³-hybridized carbons (Fsp3) is 0.348. The Bertz CT molecular complexity index is 864. The fourth-order valence-corrected chi connectivity index (χ4v) is 2.67. The number of hydrazine groups is 1. The molecule has 0 atom stereocenters. The highest BCUT2D eigenvalue weighted by Crippen LogP contribution is 2.22. The third kappa shape index (κ3) is 6.75. The highest BCUT2D eigenvalue weighted by atomic mass is 16.2. The van der Waals surface area contributed by atoms with Crippen molar-refractivity contribution in [3.63, 3.8) is 0 Å². The molecule has 154 valence electrons. The summed E-state index contributed by atoms with van der Waals surface area (Å²) < 4.78 is 0. The second-order valence-corrected chi connectivity index (χ2v) is 8.46. The summed E-state index contributed by atoms with van der Waals surface area (Å²) in [4.78, 5) is 36.3. The molecule has 2 rings (SSSR count). The predicted molar refractivity (Wildman–Crippen MR) is 115 cm³/mol. The molecule has 0 fully saturated rings. The topological polar surface area (TPSA) is 87.3 Å². The zero-order chi connectivity index (χ0) is 21.6. The van der Waals surface area contributed by atoms with Crippen LogP contribution in [-0.4, -0.2) is 17.7 Å². The van der Waals surface area contributed by atoms with Gasteiger partial charge in [-0.2, -0.15) is 0 Å². The Balaban J connectivity index is 1.90. The van der Waals surface area contributed by atoms with Crippen LogP contribution in [0.25, 0.3) is 0 Å². The van der Waals surface area contributed by atoms with Gasteiger partial charge in [-0.1, -0.05) is 46.8 Å². The minimum absolute atomic E-state index is 0.00361. The molecule has 2 aromatic rings. The smallest absolute Gasteiger partial charge is 0.269 e. The number of hydrogen-bond acceptors (Lipinski definition) is 3. The quantitative estimate of drug-likeness (QED) is 0.668. The molecular weight excluding hydrogens is 366 g/mol. The maximum absolute atomic E-state index is 12.2. The van der Waals surface area contributed by atoms with E-state index in [1.165, 1.54) is 0 Å². The number of amides is 3. The average Bonchev–Trinajstić information content (AvgIpc) is 2.65. The number of carbonyl (C=O) groups is 3. The second-order valence-electron chi connectivity index (χ2n) is 8.46. The average molecular weight is 396 g/mol. The molecule has 0 radical (unpaired) electrons. The number of anilines is 1. The van der Waals surface area contributed by atoms with Crippen molar-refractivity contribution in [2.75, 3.05) is 5.32 Å². The lowest BCUT2D eigenvalue weighted by Crippen LogP contribution is -2.41. The second kappa shape index (κ2) is 9.37. The van der Waals surface area contributed by atoms with Crippen LogP contribution in [-0.2, 0) is 10.2 Å². The van der Waals surface area contributed by atoms with Crippen molar-refractivity contribution < 1.29 is 14.4 Å². The summed E-state index contributed by atoms with van der Waals surface area (Å²) in [6.07, 6.45) is 0.436. The SMILES string of the molecule is CC(C)CC(=O)Nc1ccc(C(=O)NNC(=O)c2ccc(C(C)(C)C)cc2)cc1. The Hall–Kier alpha value is -3.15. The molecule has 2 aromatic carbocycles. The minimum Gasteiger partial charge on any atom is -0.326 e. The first-order valence-corrected chi connectivity index (χ1v) is 9.67. The van der Waals surface area contributed by atoms with Crippen molar-refractivity contribution in [3.05, 3.63) is 65.2 Å². The Kier molecular flexibility index (Phi) is 7.15. The third-order valence-electron chi connectivity index (χ3n) is 4.33. The van der Waals surface area contributed by atoms with Crippen molar-refractivity contribution in [2.24, 2.45) is 5.92 Å². The highest BCUT2D eigenvalue weighted by Gasteiger charge is 2.15. The van der Waals surface area contributed by atoms with Crippen LogP contribution in [0.4, 0.5) is 5.69 Å². The molecule has 29 heavy (non-hydrogen) atoms. The molecule has 0 unspecified atom stereocenters. The molecule has 0 saturated carbocycles. The fourth-order valence-electron chi connectivity index (χ4n) is 2.67. The van der Waals surface area contributed by atoms with Crippen molar-refractivity contribution in [1.29, 1.82) is 0 Å². The molecule has 6 heteroatoms. The van der Waals surface area contributed by atoms with Gasteiger partial charge >= 0.3 is 0 Å². The molecule has 0 spiro atoms. The van der Waals surface area contributed by atoms with Crippen LogP contribution in [0.15, 0.2) is 48.5 Å². The summed E-state index contributed by atoms with van der Waals surface area (Å²) >= 11 is 0. The Morgan fingerprint density at radius 3 is 1.66 bits per heavy atom. The van der Waals surface area contributed by atoms with E-state index >= 15 is 0 Å². The molecule has 0 saturated heterocycles. The summed E-state index contributed by atoms with van der Waals surface area (Å²) in [6, 6.07) is 13.8. The van der Waals surface area contributed by atoms with Gasteiger partial charge < -0.3 is 5.32 Å². The van der Waals surface area contributed by atoms with Crippen LogP contribution in [0.2, 0.25) is 0 Å². The maximum Gasteiger partial charge on any atom is 0.269 e. The van der Waals surface area contributed by atoms with Gasteiger partial charge in [0.1, 0.15) is 0 Å². The molecule has 0 heterocycles. The van der Waals surface area contributed by atoms with Crippen molar-refractivity contribution >= 4 is 23.4 Å². The lowest BCUT2D eigenvalue weighted by atomic mass is 9.87. The summed E-state index contributed by atoms with van der Waals surface area (Å²) in [6.45, 7) is 10.2. The van der Waals surface area contributed by atoms with Gasteiger partial charge in [-0.15, -0.1) is 0 Å². The highest BCUT2D eigenvalue weighted by molar-refractivity contribution is 5.99. The van der Waals surface area contributed by atoms with E-state index < -0.39 is 11.8 Å². The number of benzene rings is 2. The standard InChI is InChI=1S/C23H29N3O3/c1-15(2)14-20(27)24-19-12-8-17(9-13-19)22(29)26-25-21(28)16-6-10-18(11-7-16)23(3,4)5/h6-13,15H,14H2,1-5H3,(H,24,27)(H,25,28)(H,26,29). The van der Waals surface area contributed by atoms with E-state index in [4.69, 9.17) is 0 Å². The van der Waals surface area contributed by atoms with Crippen molar-refractivity contribution in [3.8, 4) is 0 Å². The molecule has 0 aromatic heterocycles. The molecule has 0 aliphatic heterocycles. The Labute approximate surface area is 172 Å². The molecule has 6 nitrogen and oxygen atoms in total. The van der Waals surface area contributed by atoms with Gasteiger partial charge in [-0.05, 0) is 53.3 Å². The van der Waals surface area contributed by atoms with E-state index in [1.807, 2.05) is 26.0 Å². The van der Waals surface area contributed by atoms with Crippen LogP contribution in [0.1, 0.15) is 67.3 Å². The first-order valence-electron chi connectivity index (χ1n) is 9.67. The van der Waals surface area contributed by atoms with Crippen molar-refractivity contribution in [1.82, 2.24) is 10.9 Å². The molecule has 3 amide bonds. The number of nitrogens with one attached hydrogen (secondary N) is 3. The zero-order valence-corrected chi connectivity index (χ0v) is 17.6. The predicted octanol–water partition coefficient (Wildman–Crippen LogP) is 4.04. The zero-order valence-electron chi connectivity index (χ0n) is 17.6. The molecule has 3 N–H and O–H groups in total. The maximum atomic E-state index is 12.2. The van der Waals surface area contributed by atoms with E-state index in [-0.39, 0.29) is 17.2 Å². The summed E-state index contributed by atoms with van der Waals surface area (Å²) in [7, 11) is 0. The van der Waals surface area contributed by atoms with Crippen LogP contribution in [0.5, 0.6) is 0 Å². The normalized spacial score (nSPS) is 11.1. The van der Waals surface area contributed by atoms with Crippen molar-refractivity contribution in [2.45, 2.75) is 46.5 Å². The summed E-state index contributed by atoms with van der Waals surface area (Å²) in [5.74, 6) is -0.628. The molecule has 0 aliphatic rings. The van der Waals surface area contributed by atoms with E-state index in [2.05, 4.69) is 36.9 Å². The van der Waals surface area contributed by atoms with Gasteiger partial charge in [0.2, 0.25) is 5.91 Å². The van der Waals surface area contributed by atoms with E-state index in [9.17, 15) is 14.4 Å². The number of rotatable bonds is 5. The number of hydrogen-bond donors (Lipinski definition) is 3.